The first-order valence-corrected chi connectivity index (χ1v) is 9.25. The first-order valence-electron chi connectivity index (χ1n) is 9.25. The Bertz CT molecular complexity index is 722. The molecule has 2 aromatic rings. The summed E-state index contributed by atoms with van der Waals surface area (Å²) in [5.74, 6) is 0.666. The van der Waals surface area contributed by atoms with Gasteiger partial charge in [-0.25, -0.2) is 0 Å². The lowest BCUT2D eigenvalue weighted by Crippen LogP contribution is -2.33. The molecule has 1 fully saturated rings. The third-order valence-corrected chi connectivity index (χ3v) is 5.06. The van der Waals surface area contributed by atoms with Crippen LogP contribution < -0.4 is 5.32 Å². The first-order chi connectivity index (χ1) is 12.3. The number of nitrogens with one attached hydrogen (secondary N) is 1. The van der Waals surface area contributed by atoms with E-state index in [9.17, 15) is 4.79 Å². The third kappa shape index (κ3) is 4.10. The van der Waals surface area contributed by atoms with Gasteiger partial charge in [-0.15, -0.1) is 0 Å². The van der Waals surface area contributed by atoms with Crippen molar-refractivity contribution < 1.29 is 9.53 Å². The van der Waals surface area contributed by atoms with E-state index in [0.29, 0.717) is 5.92 Å². The number of carbonyl (C=O) groups excluding carboxylic acids is 1. The van der Waals surface area contributed by atoms with Crippen molar-refractivity contribution in [2.24, 2.45) is 5.92 Å². The smallest absolute Gasteiger partial charge is 0.246 e. The van der Waals surface area contributed by atoms with E-state index in [0.717, 1.165) is 38.0 Å². The summed E-state index contributed by atoms with van der Waals surface area (Å²) in [4.78, 5) is 12.2. The van der Waals surface area contributed by atoms with Gasteiger partial charge in [0.15, 0.2) is 0 Å². The first kappa shape index (κ1) is 16.3. The second-order valence-corrected chi connectivity index (χ2v) is 7.16. The van der Waals surface area contributed by atoms with Crippen LogP contribution in [-0.2, 0) is 22.5 Å². The quantitative estimate of drug-likeness (QED) is 0.844. The topological polar surface area (TPSA) is 56.1 Å². The van der Waals surface area contributed by atoms with Crippen LogP contribution >= 0.6 is 0 Å². The summed E-state index contributed by atoms with van der Waals surface area (Å²) < 4.78 is 7.58. The van der Waals surface area contributed by atoms with Gasteiger partial charge >= 0.3 is 0 Å². The van der Waals surface area contributed by atoms with Crippen molar-refractivity contribution in [1.82, 2.24) is 15.1 Å². The van der Waals surface area contributed by atoms with E-state index in [1.54, 1.807) is 0 Å². The molecule has 5 heteroatoms. The van der Waals surface area contributed by atoms with Crippen molar-refractivity contribution in [2.45, 2.75) is 44.7 Å². The molecule has 1 aromatic carbocycles. The Morgan fingerprint density at radius 2 is 2.08 bits per heavy atom. The summed E-state index contributed by atoms with van der Waals surface area (Å²) >= 11 is 0. The minimum Gasteiger partial charge on any atom is -0.371 e. The van der Waals surface area contributed by atoms with Gasteiger partial charge in [0.05, 0.1) is 25.4 Å². The molecule has 1 N–H and O–H groups in total. The number of amides is 1. The molecule has 5 nitrogen and oxygen atoms in total. The number of carbonyl (C=O) groups is 1. The maximum atomic E-state index is 12.2. The molecule has 132 valence electrons. The molecule has 1 heterocycles. The third-order valence-electron chi connectivity index (χ3n) is 5.06. The van der Waals surface area contributed by atoms with Gasteiger partial charge in [0.2, 0.25) is 5.91 Å². The van der Waals surface area contributed by atoms with E-state index >= 15 is 0 Å². The SMILES string of the molecule is O=C(COCC1CC1)NC1CCCc2c1cnn2Cc1ccccc1. The van der Waals surface area contributed by atoms with Crippen molar-refractivity contribution in [1.29, 1.82) is 0 Å². The molecule has 0 saturated heterocycles. The Hall–Kier alpha value is -2.14. The number of benzene rings is 1. The molecular weight excluding hydrogens is 314 g/mol. The van der Waals surface area contributed by atoms with Gasteiger partial charge in [0.25, 0.3) is 0 Å². The lowest BCUT2D eigenvalue weighted by Gasteiger charge is -2.24. The number of fused-ring (bicyclic) bond motifs is 1. The Balaban J connectivity index is 1.38. The normalized spacial score (nSPS) is 19.4. The second-order valence-electron chi connectivity index (χ2n) is 7.16. The molecule has 1 aromatic heterocycles. The molecule has 2 aliphatic rings. The fourth-order valence-electron chi connectivity index (χ4n) is 3.50. The largest absolute Gasteiger partial charge is 0.371 e. The zero-order chi connectivity index (χ0) is 17.1. The number of hydrogen-bond acceptors (Lipinski definition) is 3. The van der Waals surface area contributed by atoms with Crippen LogP contribution in [0.4, 0.5) is 0 Å². The fourth-order valence-corrected chi connectivity index (χ4v) is 3.50. The van der Waals surface area contributed by atoms with Crippen molar-refractivity contribution in [2.75, 3.05) is 13.2 Å². The molecule has 0 radical (unpaired) electrons. The van der Waals surface area contributed by atoms with Crippen LogP contribution in [0.5, 0.6) is 0 Å². The highest BCUT2D eigenvalue weighted by Gasteiger charge is 2.26. The van der Waals surface area contributed by atoms with Gasteiger partial charge in [-0.3, -0.25) is 9.48 Å². The van der Waals surface area contributed by atoms with Crippen molar-refractivity contribution in [3.63, 3.8) is 0 Å². The maximum absolute atomic E-state index is 12.2. The highest BCUT2D eigenvalue weighted by molar-refractivity contribution is 5.77. The van der Waals surface area contributed by atoms with Crippen LogP contribution in [-0.4, -0.2) is 28.9 Å². The lowest BCUT2D eigenvalue weighted by atomic mass is 9.93. The van der Waals surface area contributed by atoms with E-state index < -0.39 is 0 Å². The molecular formula is C20H25N3O2. The summed E-state index contributed by atoms with van der Waals surface area (Å²) in [6.07, 6.45) is 7.47. The van der Waals surface area contributed by atoms with Crippen LogP contribution in [0, 0.1) is 5.92 Å². The van der Waals surface area contributed by atoms with Gasteiger partial charge in [0, 0.05) is 11.3 Å². The van der Waals surface area contributed by atoms with E-state index in [1.165, 1.54) is 24.1 Å². The highest BCUT2D eigenvalue weighted by atomic mass is 16.5. The fraction of sp³-hybridized carbons (Fsp3) is 0.500. The lowest BCUT2D eigenvalue weighted by molar-refractivity contribution is -0.126. The van der Waals surface area contributed by atoms with Crippen LogP contribution in [0.25, 0.3) is 0 Å². The minimum absolute atomic E-state index is 0.0192. The Kier molecular flexibility index (Phi) is 4.83. The van der Waals surface area contributed by atoms with E-state index in [4.69, 9.17) is 4.74 Å². The summed E-state index contributed by atoms with van der Waals surface area (Å²) in [5.41, 5.74) is 3.66. The van der Waals surface area contributed by atoms with E-state index in [1.807, 2.05) is 12.3 Å². The Morgan fingerprint density at radius 1 is 1.24 bits per heavy atom. The summed E-state index contributed by atoms with van der Waals surface area (Å²) in [6.45, 7) is 1.67. The molecule has 0 bridgehead atoms. The van der Waals surface area contributed by atoms with Gasteiger partial charge in [-0.05, 0) is 43.6 Å². The predicted molar refractivity (Wildman–Crippen MR) is 95.1 cm³/mol. The predicted octanol–water partition coefficient (Wildman–Crippen LogP) is 2.85. The molecule has 1 atom stereocenters. The molecule has 0 spiro atoms. The van der Waals surface area contributed by atoms with Gasteiger partial charge in [-0.2, -0.15) is 5.10 Å². The second kappa shape index (κ2) is 7.40. The molecule has 1 amide bonds. The standard InChI is InChI=1S/C20H25N3O2/c24-20(14-25-13-16-9-10-16)22-18-7-4-8-19-17(18)11-21-23(19)12-15-5-2-1-3-6-15/h1-3,5-6,11,16,18H,4,7-10,12-14H2,(H,22,24). The number of hydrogen-bond donors (Lipinski definition) is 1. The van der Waals surface area contributed by atoms with Crippen LogP contribution in [0.15, 0.2) is 36.5 Å². The molecule has 1 saturated carbocycles. The molecule has 1 unspecified atom stereocenters. The Labute approximate surface area is 148 Å². The number of rotatable bonds is 7. The zero-order valence-corrected chi connectivity index (χ0v) is 14.5. The van der Waals surface area contributed by atoms with Gasteiger partial charge in [-0.1, -0.05) is 30.3 Å². The molecule has 2 aliphatic carbocycles. The summed E-state index contributed by atoms with van der Waals surface area (Å²) in [6, 6.07) is 10.4. The van der Waals surface area contributed by atoms with E-state index in [-0.39, 0.29) is 18.6 Å². The number of aromatic nitrogens is 2. The highest BCUT2D eigenvalue weighted by Crippen LogP contribution is 2.30. The van der Waals surface area contributed by atoms with Crippen molar-refractivity contribution >= 4 is 5.91 Å². The van der Waals surface area contributed by atoms with Crippen LogP contribution in [0.3, 0.4) is 0 Å². The van der Waals surface area contributed by atoms with Crippen molar-refractivity contribution in [3.05, 3.63) is 53.3 Å². The van der Waals surface area contributed by atoms with Gasteiger partial charge < -0.3 is 10.1 Å². The number of nitrogens with zero attached hydrogens (tertiary/aromatic N) is 2. The molecule has 4 rings (SSSR count). The summed E-state index contributed by atoms with van der Waals surface area (Å²) in [5, 5.41) is 7.71. The Morgan fingerprint density at radius 3 is 2.88 bits per heavy atom. The summed E-state index contributed by atoms with van der Waals surface area (Å²) in [7, 11) is 0. The van der Waals surface area contributed by atoms with Crippen LogP contribution in [0.1, 0.15) is 48.5 Å². The molecule has 25 heavy (non-hydrogen) atoms. The zero-order valence-electron chi connectivity index (χ0n) is 14.5. The van der Waals surface area contributed by atoms with Gasteiger partial charge in [0.1, 0.15) is 6.61 Å². The number of ether oxygens (including phenoxy) is 1. The average molecular weight is 339 g/mol. The van der Waals surface area contributed by atoms with E-state index in [2.05, 4.69) is 39.4 Å². The monoisotopic (exact) mass is 339 g/mol. The maximum Gasteiger partial charge on any atom is 0.246 e. The van der Waals surface area contributed by atoms with Crippen LogP contribution in [0.2, 0.25) is 0 Å². The van der Waals surface area contributed by atoms with Crippen molar-refractivity contribution in [3.8, 4) is 0 Å². The minimum atomic E-state index is -0.0192. The average Bonchev–Trinajstić information content (AvgIpc) is 3.36. The molecule has 0 aliphatic heterocycles.